The summed E-state index contributed by atoms with van der Waals surface area (Å²) in [5.41, 5.74) is 2.00. The zero-order chi connectivity index (χ0) is 28.7. The number of nitrogens with zero attached hydrogens (tertiary/aromatic N) is 2. The quantitative estimate of drug-likeness (QED) is 0.283. The van der Waals surface area contributed by atoms with E-state index in [9.17, 15) is 18.0 Å². The second kappa shape index (κ2) is 13.5. The Kier molecular flexibility index (Phi) is 10.6. The molecule has 3 aromatic carbocycles. The number of hydrogen-bond donors (Lipinski definition) is 1. The molecule has 7 nitrogen and oxygen atoms in total. The molecule has 0 bridgehead atoms. The average molecular weight is 635 g/mol. The molecule has 0 unspecified atom stereocenters. The molecule has 0 spiro atoms. The number of rotatable bonds is 11. The van der Waals surface area contributed by atoms with Crippen LogP contribution in [-0.2, 0) is 26.2 Å². The molecule has 0 radical (unpaired) electrons. The third-order valence-corrected chi connectivity index (χ3v) is 8.60. The van der Waals surface area contributed by atoms with Gasteiger partial charge in [-0.15, -0.1) is 0 Å². The molecule has 0 fully saturated rings. The fourth-order valence-corrected chi connectivity index (χ4v) is 6.00. The van der Waals surface area contributed by atoms with Gasteiger partial charge in [-0.3, -0.25) is 13.9 Å². The van der Waals surface area contributed by atoms with Crippen molar-refractivity contribution in [2.45, 2.75) is 57.6 Å². The number of hydrogen-bond acceptors (Lipinski definition) is 4. The van der Waals surface area contributed by atoms with Gasteiger partial charge in [0.2, 0.25) is 11.8 Å². The first-order valence-corrected chi connectivity index (χ1v) is 15.2. The predicted octanol–water partition coefficient (Wildman–Crippen LogP) is 5.94. The highest BCUT2D eigenvalue weighted by atomic mass is 79.9. The lowest BCUT2D eigenvalue weighted by Gasteiger charge is -2.33. The molecule has 0 aliphatic heterocycles. The molecule has 0 saturated carbocycles. The van der Waals surface area contributed by atoms with Crippen LogP contribution in [0.1, 0.15) is 38.3 Å². The SMILES string of the molecule is CC[C@@H](C(=O)NC(C)C)N(Cc1ccc(Cl)cc1)C(=O)CN(c1cccc(Br)c1)S(=O)(=O)c1ccc(C)cc1. The van der Waals surface area contributed by atoms with Gasteiger partial charge in [-0.2, -0.15) is 0 Å². The zero-order valence-corrected chi connectivity index (χ0v) is 25.6. The second-order valence-corrected chi connectivity index (χ2v) is 12.8. The van der Waals surface area contributed by atoms with Crippen molar-refractivity contribution in [3.8, 4) is 0 Å². The Morgan fingerprint density at radius 1 is 1.00 bits per heavy atom. The Bertz CT molecular complexity index is 1400. The summed E-state index contributed by atoms with van der Waals surface area (Å²) >= 11 is 9.46. The third-order valence-electron chi connectivity index (χ3n) is 6.07. The molecule has 0 aliphatic rings. The molecule has 1 atom stereocenters. The van der Waals surface area contributed by atoms with Gasteiger partial charge in [0.1, 0.15) is 12.6 Å². The minimum atomic E-state index is -4.12. The van der Waals surface area contributed by atoms with Gasteiger partial charge in [0.05, 0.1) is 10.6 Å². The van der Waals surface area contributed by atoms with Gasteiger partial charge < -0.3 is 10.2 Å². The van der Waals surface area contributed by atoms with Crippen LogP contribution in [0.4, 0.5) is 5.69 Å². The van der Waals surface area contributed by atoms with Crippen molar-refractivity contribution < 1.29 is 18.0 Å². The van der Waals surface area contributed by atoms with Crippen LogP contribution >= 0.6 is 27.5 Å². The maximum absolute atomic E-state index is 14.0. The highest BCUT2D eigenvalue weighted by Gasteiger charge is 2.33. The van der Waals surface area contributed by atoms with Crippen molar-refractivity contribution in [1.82, 2.24) is 10.2 Å². The van der Waals surface area contributed by atoms with E-state index in [0.717, 1.165) is 15.4 Å². The normalized spacial score (nSPS) is 12.2. The number of amides is 2. The van der Waals surface area contributed by atoms with Crippen LogP contribution in [0.15, 0.2) is 82.2 Å². The molecular weight excluding hydrogens is 602 g/mol. The molecule has 0 saturated heterocycles. The lowest BCUT2D eigenvalue weighted by Crippen LogP contribution is -2.53. The highest BCUT2D eigenvalue weighted by Crippen LogP contribution is 2.27. The lowest BCUT2D eigenvalue weighted by atomic mass is 10.1. The van der Waals surface area contributed by atoms with E-state index >= 15 is 0 Å². The summed E-state index contributed by atoms with van der Waals surface area (Å²) in [6.45, 7) is 7.00. The van der Waals surface area contributed by atoms with Crippen LogP contribution in [-0.4, -0.2) is 43.8 Å². The number of halogens is 2. The van der Waals surface area contributed by atoms with Gasteiger partial charge in [-0.1, -0.05) is 70.3 Å². The van der Waals surface area contributed by atoms with Crippen LogP contribution in [0.25, 0.3) is 0 Å². The van der Waals surface area contributed by atoms with E-state index in [-0.39, 0.29) is 23.4 Å². The molecule has 0 aliphatic carbocycles. The van der Waals surface area contributed by atoms with Crippen LogP contribution in [0.3, 0.4) is 0 Å². The third kappa shape index (κ3) is 8.06. The number of benzene rings is 3. The number of sulfonamides is 1. The van der Waals surface area contributed by atoms with Crippen LogP contribution in [0, 0.1) is 6.92 Å². The first-order chi connectivity index (χ1) is 18.4. The molecular formula is C29H33BrClN3O4S. The van der Waals surface area contributed by atoms with Gasteiger partial charge in [0.25, 0.3) is 10.0 Å². The number of nitrogens with one attached hydrogen (secondary N) is 1. The second-order valence-electron chi connectivity index (χ2n) is 9.54. The Balaban J connectivity index is 2.06. The molecule has 208 valence electrons. The molecule has 2 amide bonds. The van der Waals surface area contributed by atoms with Gasteiger partial charge in [-0.25, -0.2) is 8.42 Å². The van der Waals surface area contributed by atoms with Gasteiger partial charge >= 0.3 is 0 Å². The Morgan fingerprint density at radius 3 is 2.21 bits per heavy atom. The summed E-state index contributed by atoms with van der Waals surface area (Å²) < 4.78 is 29.5. The van der Waals surface area contributed by atoms with Gasteiger partial charge in [0, 0.05) is 22.1 Å². The maximum atomic E-state index is 14.0. The number of aryl methyl sites for hydroxylation is 1. The van der Waals surface area contributed by atoms with Crippen LogP contribution in [0.2, 0.25) is 5.02 Å². The van der Waals surface area contributed by atoms with E-state index in [1.807, 2.05) is 27.7 Å². The minimum absolute atomic E-state index is 0.0646. The molecule has 39 heavy (non-hydrogen) atoms. The molecule has 1 N–H and O–H groups in total. The van der Waals surface area contributed by atoms with E-state index < -0.39 is 28.5 Å². The van der Waals surface area contributed by atoms with Crippen molar-refractivity contribution in [1.29, 1.82) is 0 Å². The van der Waals surface area contributed by atoms with E-state index in [1.165, 1.54) is 17.0 Å². The predicted molar refractivity (Wildman–Crippen MR) is 159 cm³/mol. The van der Waals surface area contributed by atoms with Crippen molar-refractivity contribution >= 4 is 55.1 Å². The number of carbonyl (C=O) groups is 2. The summed E-state index contributed by atoms with van der Waals surface area (Å²) in [6, 6.07) is 19.3. The van der Waals surface area contributed by atoms with Crippen molar-refractivity contribution in [2.24, 2.45) is 0 Å². The highest BCUT2D eigenvalue weighted by molar-refractivity contribution is 9.10. The largest absolute Gasteiger partial charge is 0.352 e. The Morgan fingerprint density at radius 2 is 1.64 bits per heavy atom. The zero-order valence-electron chi connectivity index (χ0n) is 22.4. The van der Waals surface area contributed by atoms with Crippen LogP contribution in [0.5, 0.6) is 0 Å². The number of anilines is 1. The summed E-state index contributed by atoms with van der Waals surface area (Å²) in [5, 5.41) is 3.43. The van der Waals surface area contributed by atoms with Crippen molar-refractivity contribution in [3.63, 3.8) is 0 Å². The molecule has 0 heterocycles. The van der Waals surface area contributed by atoms with Gasteiger partial charge in [0.15, 0.2) is 0 Å². The first-order valence-electron chi connectivity index (χ1n) is 12.6. The minimum Gasteiger partial charge on any atom is -0.352 e. The summed E-state index contributed by atoms with van der Waals surface area (Å²) in [7, 11) is -4.12. The smallest absolute Gasteiger partial charge is 0.264 e. The molecule has 0 aromatic heterocycles. The number of carbonyl (C=O) groups excluding carboxylic acids is 2. The van der Waals surface area contributed by atoms with E-state index in [2.05, 4.69) is 21.2 Å². The van der Waals surface area contributed by atoms with E-state index in [0.29, 0.717) is 21.6 Å². The maximum Gasteiger partial charge on any atom is 0.264 e. The van der Waals surface area contributed by atoms with Crippen molar-refractivity contribution in [3.05, 3.63) is 93.4 Å². The fourth-order valence-electron chi connectivity index (χ4n) is 4.08. The Labute approximate surface area is 244 Å². The van der Waals surface area contributed by atoms with E-state index in [4.69, 9.17) is 11.6 Å². The summed E-state index contributed by atoms with van der Waals surface area (Å²) in [6.07, 6.45) is 0.347. The van der Waals surface area contributed by atoms with E-state index in [1.54, 1.807) is 60.7 Å². The monoisotopic (exact) mass is 633 g/mol. The fraction of sp³-hybridized carbons (Fsp3) is 0.310. The topological polar surface area (TPSA) is 86.8 Å². The van der Waals surface area contributed by atoms with Gasteiger partial charge in [-0.05, 0) is 75.2 Å². The standard InChI is InChI=1S/C29H33BrClN3O4S/c1-5-27(29(36)32-20(2)3)33(18-22-11-13-24(31)14-12-22)28(35)19-34(25-8-6-7-23(30)17-25)39(37,38)26-15-9-21(4)10-16-26/h6-17,20,27H,5,18-19H2,1-4H3,(H,32,36)/t27-/m0/s1. The average Bonchev–Trinajstić information content (AvgIpc) is 2.88. The summed E-state index contributed by atoms with van der Waals surface area (Å²) in [5.74, 6) is -0.809. The van der Waals surface area contributed by atoms with Crippen molar-refractivity contribution in [2.75, 3.05) is 10.8 Å². The first kappa shape index (κ1) is 30.7. The Hall–Kier alpha value is -2.88. The van der Waals surface area contributed by atoms with Crippen LogP contribution < -0.4 is 9.62 Å². The molecule has 10 heteroatoms. The molecule has 3 rings (SSSR count). The lowest BCUT2D eigenvalue weighted by molar-refractivity contribution is -0.140. The molecule has 3 aromatic rings. The summed E-state index contributed by atoms with van der Waals surface area (Å²) in [4.78, 5) is 28.7.